The Hall–Kier alpha value is -2.50. The van der Waals surface area contributed by atoms with E-state index >= 15 is 0 Å². The van der Waals surface area contributed by atoms with Crippen molar-refractivity contribution >= 4 is 11.0 Å². The Balaban J connectivity index is 2.06. The fourth-order valence-corrected chi connectivity index (χ4v) is 2.13. The third-order valence-electron chi connectivity index (χ3n) is 3.09. The van der Waals surface area contributed by atoms with Crippen molar-refractivity contribution < 1.29 is 17.9 Å². The molecule has 0 spiro atoms. The van der Waals surface area contributed by atoms with E-state index in [2.05, 4.69) is 14.7 Å². The number of imidazole rings is 1. The second-order valence-electron chi connectivity index (χ2n) is 4.63. The predicted molar refractivity (Wildman–Crippen MR) is 72.9 cm³/mol. The van der Waals surface area contributed by atoms with Gasteiger partial charge in [-0.15, -0.1) is 13.2 Å². The quantitative estimate of drug-likeness (QED) is 0.758. The summed E-state index contributed by atoms with van der Waals surface area (Å²) in [5.41, 5.74) is 2.97. The molecule has 0 atom stereocenters. The Morgan fingerprint density at radius 1 is 1.10 bits per heavy atom. The average molecular weight is 292 g/mol. The maximum absolute atomic E-state index is 12.3. The lowest BCUT2D eigenvalue weighted by molar-refractivity contribution is -0.274. The molecule has 0 unspecified atom stereocenters. The lowest BCUT2D eigenvalue weighted by Crippen LogP contribution is -2.17. The van der Waals surface area contributed by atoms with Gasteiger partial charge in [0.25, 0.3) is 0 Å². The minimum atomic E-state index is -4.71. The topological polar surface area (TPSA) is 37.9 Å². The molecule has 3 nitrogen and oxygen atoms in total. The lowest BCUT2D eigenvalue weighted by Gasteiger charge is -2.10. The van der Waals surface area contributed by atoms with Crippen molar-refractivity contribution in [3.63, 3.8) is 0 Å². The number of aromatic amines is 1. The van der Waals surface area contributed by atoms with Crippen LogP contribution in [0.4, 0.5) is 13.2 Å². The molecule has 2 aromatic carbocycles. The van der Waals surface area contributed by atoms with Gasteiger partial charge >= 0.3 is 6.36 Å². The van der Waals surface area contributed by atoms with E-state index in [1.807, 2.05) is 24.3 Å². The molecule has 0 aliphatic rings. The first-order valence-corrected chi connectivity index (χ1v) is 6.24. The Morgan fingerprint density at radius 3 is 2.57 bits per heavy atom. The highest BCUT2D eigenvalue weighted by atomic mass is 19.4. The fraction of sp³-hybridized carbons (Fsp3) is 0.133. The van der Waals surface area contributed by atoms with Crippen LogP contribution in [0.1, 0.15) is 5.56 Å². The summed E-state index contributed by atoms with van der Waals surface area (Å²) in [6.07, 6.45) is -4.71. The summed E-state index contributed by atoms with van der Waals surface area (Å²) in [4.78, 5) is 7.48. The zero-order valence-electron chi connectivity index (χ0n) is 11.0. The van der Waals surface area contributed by atoms with Crippen LogP contribution in [0, 0.1) is 6.92 Å². The number of rotatable bonds is 2. The summed E-state index contributed by atoms with van der Waals surface area (Å²) in [5, 5.41) is 0. The highest BCUT2D eigenvalue weighted by Gasteiger charge is 2.31. The van der Waals surface area contributed by atoms with Gasteiger partial charge in [-0.3, -0.25) is 0 Å². The minimum absolute atomic E-state index is 0.261. The molecule has 0 fully saturated rings. The second kappa shape index (κ2) is 4.80. The number of H-pyrrole nitrogens is 1. The van der Waals surface area contributed by atoms with E-state index < -0.39 is 6.36 Å². The number of alkyl halides is 3. The second-order valence-corrected chi connectivity index (χ2v) is 4.63. The molecule has 0 saturated heterocycles. The molecular weight excluding hydrogens is 281 g/mol. The van der Waals surface area contributed by atoms with Crippen molar-refractivity contribution in [2.75, 3.05) is 0 Å². The van der Waals surface area contributed by atoms with Crippen LogP contribution < -0.4 is 4.74 Å². The Bertz CT molecular complexity index is 760. The summed E-state index contributed by atoms with van der Waals surface area (Å²) in [6.45, 7) is 1.81. The van der Waals surface area contributed by atoms with Gasteiger partial charge in [-0.1, -0.05) is 18.2 Å². The molecular formula is C15H11F3N2O. The molecule has 0 radical (unpaired) electrons. The average Bonchev–Trinajstić information content (AvgIpc) is 2.83. The maximum atomic E-state index is 12.3. The molecule has 3 aromatic rings. The van der Waals surface area contributed by atoms with Crippen LogP contribution in [0.2, 0.25) is 0 Å². The van der Waals surface area contributed by atoms with Crippen LogP contribution in [0.25, 0.3) is 22.4 Å². The lowest BCUT2D eigenvalue weighted by atomic mass is 10.1. The molecule has 1 aromatic heterocycles. The molecule has 108 valence electrons. The zero-order chi connectivity index (χ0) is 15.0. The van der Waals surface area contributed by atoms with E-state index in [9.17, 15) is 13.2 Å². The first-order valence-electron chi connectivity index (χ1n) is 6.24. The van der Waals surface area contributed by atoms with Crippen LogP contribution in [0.5, 0.6) is 5.75 Å². The molecule has 0 aliphatic heterocycles. The fourth-order valence-electron chi connectivity index (χ4n) is 2.13. The number of para-hydroxylation sites is 2. The first-order chi connectivity index (χ1) is 9.92. The van der Waals surface area contributed by atoms with Crippen molar-refractivity contribution in [3.05, 3.63) is 48.0 Å². The Morgan fingerprint density at radius 2 is 1.86 bits per heavy atom. The smallest absolute Gasteiger partial charge is 0.406 e. The molecule has 0 amide bonds. The predicted octanol–water partition coefficient (Wildman–Crippen LogP) is 4.44. The number of hydrogen-bond donors (Lipinski definition) is 1. The number of nitrogens with one attached hydrogen (secondary N) is 1. The van der Waals surface area contributed by atoms with E-state index in [0.717, 1.165) is 16.6 Å². The summed E-state index contributed by atoms with van der Waals surface area (Å²) < 4.78 is 40.8. The van der Waals surface area contributed by atoms with E-state index in [-0.39, 0.29) is 5.75 Å². The number of benzene rings is 2. The summed E-state index contributed by atoms with van der Waals surface area (Å²) >= 11 is 0. The molecule has 21 heavy (non-hydrogen) atoms. The third-order valence-corrected chi connectivity index (χ3v) is 3.09. The van der Waals surface area contributed by atoms with Gasteiger partial charge in [0, 0.05) is 5.56 Å². The number of fused-ring (bicyclic) bond motifs is 1. The normalized spacial score (nSPS) is 11.8. The maximum Gasteiger partial charge on any atom is 0.573 e. The summed E-state index contributed by atoms with van der Waals surface area (Å²) in [7, 11) is 0. The monoisotopic (exact) mass is 292 g/mol. The van der Waals surface area contributed by atoms with E-state index in [1.165, 1.54) is 12.1 Å². The van der Waals surface area contributed by atoms with Gasteiger partial charge in [-0.25, -0.2) is 4.98 Å². The van der Waals surface area contributed by atoms with Crippen molar-refractivity contribution in [2.24, 2.45) is 0 Å². The molecule has 0 bridgehead atoms. The van der Waals surface area contributed by atoms with Crippen molar-refractivity contribution in [2.45, 2.75) is 13.3 Å². The molecule has 0 aliphatic carbocycles. The SMILES string of the molecule is Cc1ccc(OC(F)(F)F)cc1-c1nc2ccccc2[nH]1. The minimum Gasteiger partial charge on any atom is -0.406 e. The number of halogens is 3. The van der Waals surface area contributed by atoms with Crippen molar-refractivity contribution in [1.29, 1.82) is 0 Å². The van der Waals surface area contributed by atoms with Gasteiger partial charge in [-0.05, 0) is 36.8 Å². The molecule has 1 N–H and O–H groups in total. The first kappa shape index (κ1) is 13.5. The van der Waals surface area contributed by atoms with Crippen LogP contribution in [-0.4, -0.2) is 16.3 Å². The Labute approximate surface area is 118 Å². The van der Waals surface area contributed by atoms with Gasteiger partial charge < -0.3 is 9.72 Å². The number of aryl methyl sites for hydroxylation is 1. The third kappa shape index (κ3) is 2.84. The van der Waals surface area contributed by atoms with Gasteiger partial charge in [0.15, 0.2) is 0 Å². The largest absolute Gasteiger partial charge is 0.573 e. The van der Waals surface area contributed by atoms with E-state index in [0.29, 0.717) is 11.4 Å². The van der Waals surface area contributed by atoms with E-state index in [1.54, 1.807) is 13.0 Å². The highest BCUT2D eigenvalue weighted by molar-refractivity contribution is 5.80. The van der Waals surface area contributed by atoms with Gasteiger partial charge in [0.05, 0.1) is 11.0 Å². The van der Waals surface area contributed by atoms with Crippen molar-refractivity contribution in [1.82, 2.24) is 9.97 Å². The number of nitrogens with zero attached hydrogens (tertiary/aromatic N) is 1. The summed E-state index contributed by atoms with van der Waals surface area (Å²) in [5.74, 6) is 0.255. The highest BCUT2D eigenvalue weighted by Crippen LogP contribution is 2.30. The van der Waals surface area contributed by atoms with Crippen LogP contribution in [0.3, 0.4) is 0 Å². The number of aromatic nitrogens is 2. The summed E-state index contributed by atoms with van der Waals surface area (Å²) in [6, 6.07) is 11.6. The standard InChI is InChI=1S/C15H11F3N2O/c1-9-6-7-10(21-15(16,17)18)8-11(9)14-19-12-4-2-3-5-13(12)20-14/h2-8H,1H3,(H,19,20). The van der Waals surface area contributed by atoms with Gasteiger partial charge in [-0.2, -0.15) is 0 Å². The number of ether oxygens (including phenoxy) is 1. The van der Waals surface area contributed by atoms with Gasteiger partial charge in [0.2, 0.25) is 0 Å². The van der Waals surface area contributed by atoms with Crippen LogP contribution >= 0.6 is 0 Å². The van der Waals surface area contributed by atoms with Gasteiger partial charge in [0.1, 0.15) is 11.6 Å². The van der Waals surface area contributed by atoms with Crippen LogP contribution in [-0.2, 0) is 0 Å². The molecule has 3 rings (SSSR count). The van der Waals surface area contributed by atoms with Crippen molar-refractivity contribution in [3.8, 4) is 17.1 Å². The van der Waals surface area contributed by atoms with Crippen LogP contribution in [0.15, 0.2) is 42.5 Å². The molecule has 0 saturated carbocycles. The van der Waals surface area contributed by atoms with E-state index in [4.69, 9.17) is 0 Å². The Kier molecular flexibility index (Phi) is 3.08. The number of hydrogen-bond acceptors (Lipinski definition) is 2. The molecule has 1 heterocycles. The molecule has 6 heteroatoms. The zero-order valence-corrected chi connectivity index (χ0v) is 11.0.